The maximum atomic E-state index is 12.3. The first-order chi connectivity index (χ1) is 10.7. The maximum Gasteiger partial charge on any atom is 0.252 e. The van der Waals surface area contributed by atoms with Crippen molar-refractivity contribution in [2.24, 2.45) is 0 Å². The Morgan fingerprint density at radius 1 is 1.05 bits per heavy atom. The number of hydrogen-bond acceptors (Lipinski definition) is 2. The summed E-state index contributed by atoms with van der Waals surface area (Å²) in [6, 6.07) is 17.0. The number of carbonyl (C=O) groups is 1. The Morgan fingerprint density at radius 2 is 1.82 bits per heavy atom. The number of pyridine rings is 1. The van der Waals surface area contributed by atoms with Gasteiger partial charge in [-0.2, -0.15) is 0 Å². The minimum absolute atomic E-state index is 0.0763. The fourth-order valence-electron chi connectivity index (χ4n) is 2.36. The Balaban J connectivity index is 1.67. The highest BCUT2D eigenvalue weighted by molar-refractivity contribution is 6.30. The number of benzene rings is 2. The van der Waals surface area contributed by atoms with E-state index in [1.807, 2.05) is 48.5 Å². The van der Waals surface area contributed by atoms with E-state index in [4.69, 9.17) is 11.6 Å². The Bertz CT molecular complexity index is 794. The topological polar surface area (TPSA) is 42.0 Å². The van der Waals surface area contributed by atoms with E-state index in [1.54, 1.807) is 12.3 Å². The minimum atomic E-state index is -0.0763. The van der Waals surface area contributed by atoms with E-state index in [9.17, 15) is 4.79 Å². The van der Waals surface area contributed by atoms with Crippen LogP contribution in [0, 0.1) is 0 Å². The summed E-state index contributed by atoms with van der Waals surface area (Å²) in [5, 5.41) is 4.54. The lowest BCUT2D eigenvalue weighted by Crippen LogP contribution is -2.25. The molecule has 22 heavy (non-hydrogen) atoms. The molecule has 0 bridgehead atoms. The van der Waals surface area contributed by atoms with Gasteiger partial charge in [-0.25, -0.2) is 0 Å². The van der Waals surface area contributed by atoms with Gasteiger partial charge in [0.1, 0.15) is 0 Å². The summed E-state index contributed by atoms with van der Waals surface area (Å²) in [7, 11) is 0. The fraction of sp³-hybridized carbons (Fsp3) is 0.111. The first-order valence-corrected chi connectivity index (χ1v) is 7.48. The van der Waals surface area contributed by atoms with Crippen molar-refractivity contribution in [1.82, 2.24) is 10.3 Å². The summed E-state index contributed by atoms with van der Waals surface area (Å²) >= 11 is 5.86. The molecule has 110 valence electrons. The van der Waals surface area contributed by atoms with Gasteiger partial charge in [-0.05, 0) is 36.2 Å². The van der Waals surface area contributed by atoms with Crippen molar-refractivity contribution < 1.29 is 4.79 Å². The highest BCUT2D eigenvalue weighted by Crippen LogP contribution is 2.16. The van der Waals surface area contributed by atoms with Crippen LogP contribution in [0.4, 0.5) is 0 Å². The van der Waals surface area contributed by atoms with Gasteiger partial charge in [-0.15, -0.1) is 0 Å². The highest BCUT2D eigenvalue weighted by atomic mass is 35.5. The van der Waals surface area contributed by atoms with E-state index in [1.165, 1.54) is 0 Å². The number of hydrogen-bond donors (Lipinski definition) is 1. The second kappa shape index (κ2) is 6.58. The summed E-state index contributed by atoms with van der Waals surface area (Å²) in [5.74, 6) is -0.0763. The maximum absolute atomic E-state index is 12.3. The largest absolute Gasteiger partial charge is 0.352 e. The average molecular weight is 311 g/mol. The predicted octanol–water partition coefficient (Wildman–Crippen LogP) is 3.86. The van der Waals surface area contributed by atoms with Crippen LogP contribution in [0.5, 0.6) is 0 Å². The Labute approximate surface area is 133 Å². The van der Waals surface area contributed by atoms with Gasteiger partial charge >= 0.3 is 0 Å². The van der Waals surface area contributed by atoms with Crippen LogP contribution < -0.4 is 5.32 Å². The number of para-hydroxylation sites is 1. The Kier molecular flexibility index (Phi) is 4.35. The summed E-state index contributed by atoms with van der Waals surface area (Å²) in [5.41, 5.74) is 2.62. The van der Waals surface area contributed by atoms with Crippen molar-refractivity contribution >= 4 is 28.4 Å². The van der Waals surface area contributed by atoms with Gasteiger partial charge < -0.3 is 5.32 Å². The van der Waals surface area contributed by atoms with Crippen LogP contribution in [0.25, 0.3) is 10.9 Å². The van der Waals surface area contributed by atoms with Crippen molar-refractivity contribution in [2.45, 2.75) is 6.42 Å². The number of carbonyl (C=O) groups excluding carboxylic acids is 1. The number of nitrogens with zero attached hydrogens (tertiary/aromatic N) is 1. The third kappa shape index (κ3) is 3.26. The molecule has 0 unspecified atom stereocenters. The second-order valence-electron chi connectivity index (χ2n) is 5.01. The molecule has 1 N–H and O–H groups in total. The SMILES string of the molecule is O=C(NCCc1ccc(Cl)cc1)c1ccnc2ccccc12. The molecule has 0 saturated heterocycles. The summed E-state index contributed by atoms with van der Waals surface area (Å²) < 4.78 is 0. The monoisotopic (exact) mass is 310 g/mol. The number of fused-ring (bicyclic) bond motifs is 1. The van der Waals surface area contributed by atoms with Gasteiger partial charge in [0.2, 0.25) is 0 Å². The van der Waals surface area contributed by atoms with Crippen molar-refractivity contribution in [3.8, 4) is 0 Å². The van der Waals surface area contributed by atoms with Crippen LogP contribution in [0.1, 0.15) is 15.9 Å². The molecule has 3 rings (SSSR count). The molecule has 0 atom stereocenters. The molecule has 3 aromatic rings. The predicted molar refractivity (Wildman–Crippen MR) is 89.2 cm³/mol. The van der Waals surface area contributed by atoms with Crippen LogP contribution in [0.15, 0.2) is 60.8 Å². The molecule has 0 spiro atoms. The van der Waals surface area contributed by atoms with Gasteiger partial charge in [-0.3, -0.25) is 9.78 Å². The molecule has 0 fully saturated rings. The Hall–Kier alpha value is -2.39. The van der Waals surface area contributed by atoms with E-state index >= 15 is 0 Å². The molecule has 2 aromatic carbocycles. The highest BCUT2D eigenvalue weighted by Gasteiger charge is 2.09. The zero-order valence-electron chi connectivity index (χ0n) is 11.9. The number of aromatic nitrogens is 1. The summed E-state index contributed by atoms with van der Waals surface area (Å²) in [6.07, 6.45) is 2.43. The third-order valence-electron chi connectivity index (χ3n) is 3.51. The number of rotatable bonds is 4. The molecule has 1 amide bonds. The molecule has 0 aliphatic rings. The zero-order chi connectivity index (χ0) is 15.4. The normalized spacial score (nSPS) is 10.6. The van der Waals surface area contributed by atoms with Crippen LogP contribution in [-0.2, 0) is 6.42 Å². The van der Waals surface area contributed by atoms with Crippen LogP contribution in [0.3, 0.4) is 0 Å². The zero-order valence-corrected chi connectivity index (χ0v) is 12.7. The molecule has 0 saturated carbocycles. The van der Waals surface area contributed by atoms with E-state index in [0.29, 0.717) is 12.1 Å². The van der Waals surface area contributed by atoms with Crippen molar-refractivity contribution in [2.75, 3.05) is 6.54 Å². The number of halogens is 1. The van der Waals surface area contributed by atoms with Gasteiger partial charge in [0.25, 0.3) is 5.91 Å². The molecule has 0 aliphatic carbocycles. The van der Waals surface area contributed by atoms with E-state index in [2.05, 4.69) is 10.3 Å². The average Bonchev–Trinajstić information content (AvgIpc) is 2.56. The lowest BCUT2D eigenvalue weighted by molar-refractivity contribution is 0.0955. The number of amides is 1. The summed E-state index contributed by atoms with van der Waals surface area (Å²) in [6.45, 7) is 0.580. The quantitative estimate of drug-likeness (QED) is 0.795. The van der Waals surface area contributed by atoms with Crippen LogP contribution >= 0.6 is 11.6 Å². The minimum Gasteiger partial charge on any atom is -0.352 e. The van der Waals surface area contributed by atoms with E-state index in [-0.39, 0.29) is 5.91 Å². The van der Waals surface area contributed by atoms with Gasteiger partial charge in [0.15, 0.2) is 0 Å². The molecule has 0 radical (unpaired) electrons. The lowest BCUT2D eigenvalue weighted by atomic mass is 10.1. The first kappa shape index (κ1) is 14.5. The smallest absolute Gasteiger partial charge is 0.252 e. The van der Waals surface area contributed by atoms with Gasteiger partial charge in [-0.1, -0.05) is 41.9 Å². The fourth-order valence-corrected chi connectivity index (χ4v) is 2.49. The second-order valence-corrected chi connectivity index (χ2v) is 5.44. The third-order valence-corrected chi connectivity index (χ3v) is 3.76. The molecule has 3 nitrogen and oxygen atoms in total. The molecular weight excluding hydrogens is 296 g/mol. The van der Waals surface area contributed by atoms with Crippen molar-refractivity contribution in [1.29, 1.82) is 0 Å². The Morgan fingerprint density at radius 3 is 2.64 bits per heavy atom. The molecule has 4 heteroatoms. The van der Waals surface area contributed by atoms with Gasteiger partial charge in [0, 0.05) is 23.2 Å². The first-order valence-electron chi connectivity index (χ1n) is 7.10. The van der Waals surface area contributed by atoms with Crippen molar-refractivity contribution in [3.63, 3.8) is 0 Å². The molecule has 1 aromatic heterocycles. The van der Waals surface area contributed by atoms with E-state index in [0.717, 1.165) is 27.9 Å². The number of nitrogens with one attached hydrogen (secondary N) is 1. The molecule has 1 heterocycles. The standard InChI is InChI=1S/C18H15ClN2O/c19-14-7-5-13(6-8-14)9-11-21-18(22)16-10-12-20-17-4-2-1-3-15(16)17/h1-8,10,12H,9,11H2,(H,21,22). The van der Waals surface area contributed by atoms with Gasteiger partial charge in [0.05, 0.1) is 11.1 Å². The van der Waals surface area contributed by atoms with E-state index < -0.39 is 0 Å². The molecular formula is C18H15ClN2O. The van der Waals surface area contributed by atoms with Crippen LogP contribution in [0.2, 0.25) is 5.02 Å². The van der Waals surface area contributed by atoms with Crippen molar-refractivity contribution in [3.05, 3.63) is 76.9 Å². The lowest BCUT2D eigenvalue weighted by Gasteiger charge is -2.08. The van der Waals surface area contributed by atoms with Crippen LogP contribution in [-0.4, -0.2) is 17.4 Å². The molecule has 0 aliphatic heterocycles. The summed E-state index contributed by atoms with van der Waals surface area (Å²) in [4.78, 5) is 16.6.